The van der Waals surface area contributed by atoms with Crippen molar-refractivity contribution < 1.29 is 28.5 Å². The lowest BCUT2D eigenvalue weighted by atomic mass is 10.2. The molecule has 0 saturated heterocycles. The first-order valence-electron chi connectivity index (χ1n) is 9.56. The lowest BCUT2D eigenvalue weighted by molar-refractivity contribution is -0.128. The lowest BCUT2D eigenvalue weighted by Gasteiger charge is -2.16. The summed E-state index contributed by atoms with van der Waals surface area (Å²) in [5, 5.41) is 0.262. The van der Waals surface area contributed by atoms with E-state index in [1.807, 2.05) is 6.92 Å². The van der Waals surface area contributed by atoms with Crippen LogP contribution in [0.5, 0.6) is 23.0 Å². The van der Waals surface area contributed by atoms with E-state index in [0.29, 0.717) is 42.8 Å². The van der Waals surface area contributed by atoms with Gasteiger partial charge in [-0.25, -0.2) is 0 Å². The van der Waals surface area contributed by atoms with E-state index in [1.54, 1.807) is 31.2 Å². The molecule has 0 aromatic heterocycles. The normalized spacial score (nSPS) is 13.6. The maximum Gasteiger partial charge on any atom is 0.279 e. The second-order valence-electron chi connectivity index (χ2n) is 6.44. The van der Waals surface area contributed by atoms with Crippen LogP contribution in [0, 0.1) is 0 Å². The van der Waals surface area contributed by atoms with Gasteiger partial charge >= 0.3 is 0 Å². The predicted molar refractivity (Wildman–Crippen MR) is 110 cm³/mol. The van der Waals surface area contributed by atoms with Gasteiger partial charge in [0.1, 0.15) is 11.5 Å². The molecule has 1 aliphatic rings. The summed E-state index contributed by atoms with van der Waals surface area (Å²) >= 11 is 6.20. The molecule has 0 bridgehead atoms. The maximum absolute atomic E-state index is 12.4. The van der Waals surface area contributed by atoms with Crippen LogP contribution in [0.3, 0.4) is 0 Å². The molecule has 2 N–H and O–H groups in total. The number of benzene rings is 2. The number of carbonyl (C=O) groups excluding carboxylic acids is 2. The molecule has 1 aliphatic heterocycles. The number of amides is 2. The summed E-state index contributed by atoms with van der Waals surface area (Å²) < 4.78 is 22.0. The van der Waals surface area contributed by atoms with Crippen molar-refractivity contribution >= 4 is 23.4 Å². The Bertz CT molecular complexity index is 903. The number of hydrogen-bond acceptors (Lipinski definition) is 6. The monoisotopic (exact) mass is 434 g/mol. The van der Waals surface area contributed by atoms with Gasteiger partial charge in [-0.15, -0.1) is 0 Å². The summed E-state index contributed by atoms with van der Waals surface area (Å²) in [4.78, 5) is 24.7. The highest BCUT2D eigenvalue weighted by atomic mass is 35.5. The topological polar surface area (TPSA) is 95.1 Å². The molecule has 1 atom stereocenters. The molecular formula is C21H23ClN2O6. The third-order valence-corrected chi connectivity index (χ3v) is 4.46. The van der Waals surface area contributed by atoms with Crippen LogP contribution in [0.25, 0.3) is 0 Å². The number of ether oxygens (including phenoxy) is 4. The Morgan fingerprint density at radius 1 is 1.10 bits per heavy atom. The Hall–Kier alpha value is -3.13. The van der Waals surface area contributed by atoms with Gasteiger partial charge in [-0.05, 0) is 50.2 Å². The summed E-state index contributed by atoms with van der Waals surface area (Å²) in [5.74, 6) is 0.952. The molecule has 2 aromatic rings. The molecule has 1 unspecified atom stereocenters. The quantitative estimate of drug-likeness (QED) is 0.678. The average Bonchev–Trinajstić information content (AvgIpc) is 2.99. The van der Waals surface area contributed by atoms with Crippen molar-refractivity contribution in [3.63, 3.8) is 0 Å². The fraction of sp³-hybridized carbons (Fsp3) is 0.333. The standard InChI is InChI=1S/C21H23ClN2O6/c1-3-27-15-5-7-16(8-6-15)30-13(2)20(25)23-24-21(26)14-11-17(22)19-18(12-14)28-9-4-10-29-19/h5-8,11-13H,3-4,9-10H2,1-2H3,(H,23,25)(H,24,26). The number of nitrogens with one attached hydrogen (secondary N) is 2. The molecule has 0 fully saturated rings. The SMILES string of the molecule is CCOc1ccc(OC(C)C(=O)NNC(=O)c2cc(Cl)c3c(c2)OCCCO3)cc1. The van der Waals surface area contributed by atoms with Gasteiger partial charge in [-0.3, -0.25) is 20.4 Å². The highest BCUT2D eigenvalue weighted by molar-refractivity contribution is 6.32. The summed E-state index contributed by atoms with van der Waals surface area (Å²) in [6.07, 6.45) is -0.120. The van der Waals surface area contributed by atoms with Crippen molar-refractivity contribution in [3.05, 3.63) is 47.0 Å². The summed E-state index contributed by atoms with van der Waals surface area (Å²) in [6.45, 7) is 4.98. The van der Waals surface area contributed by atoms with Crippen LogP contribution in [-0.4, -0.2) is 37.7 Å². The minimum absolute atomic E-state index is 0.227. The van der Waals surface area contributed by atoms with Crippen LogP contribution >= 0.6 is 11.6 Å². The molecule has 9 heteroatoms. The first kappa shape index (κ1) is 21.6. The van der Waals surface area contributed by atoms with E-state index in [4.69, 9.17) is 30.5 Å². The van der Waals surface area contributed by atoms with E-state index < -0.39 is 17.9 Å². The minimum atomic E-state index is -0.837. The van der Waals surface area contributed by atoms with Gasteiger partial charge in [0.25, 0.3) is 11.8 Å². The van der Waals surface area contributed by atoms with Gasteiger partial charge in [-0.1, -0.05) is 11.6 Å². The average molecular weight is 435 g/mol. The Morgan fingerprint density at radius 2 is 1.80 bits per heavy atom. The number of hydrogen-bond donors (Lipinski definition) is 2. The van der Waals surface area contributed by atoms with Crippen molar-refractivity contribution in [2.75, 3.05) is 19.8 Å². The Kier molecular flexibility index (Phi) is 7.24. The highest BCUT2D eigenvalue weighted by Gasteiger charge is 2.20. The molecule has 8 nitrogen and oxygen atoms in total. The second kappa shape index (κ2) is 10.1. The fourth-order valence-electron chi connectivity index (χ4n) is 2.69. The van der Waals surface area contributed by atoms with Crippen molar-refractivity contribution in [2.45, 2.75) is 26.4 Å². The molecule has 0 spiro atoms. The third kappa shape index (κ3) is 5.48. The van der Waals surface area contributed by atoms with Crippen molar-refractivity contribution in [2.24, 2.45) is 0 Å². The van der Waals surface area contributed by atoms with Gasteiger partial charge in [0.15, 0.2) is 17.6 Å². The van der Waals surface area contributed by atoms with E-state index in [9.17, 15) is 9.59 Å². The van der Waals surface area contributed by atoms with E-state index >= 15 is 0 Å². The van der Waals surface area contributed by atoms with Gasteiger partial charge in [0, 0.05) is 12.0 Å². The van der Waals surface area contributed by atoms with Crippen molar-refractivity contribution in [1.82, 2.24) is 10.9 Å². The van der Waals surface area contributed by atoms with Crippen LogP contribution in [0.4, 0.5) is 0 Å². The van der Waals surface area contributed by atoms with E-state index in [2.05, 4.69) is 10.9 Å². The van der Waals surface area contributed by atoms with E-state index in [0.717, 1.165) is 6.42 Å². The second-order valence-corrected chi connectivity index (χ2v) is 6.85. The molecule has 0 aliphatic carbocycles. The maximum atomic E-state index is 12.4. The summed E-state index contributed by atoms with van der Waals surface area (Å²) in [7, 11) is 0. The van der Waals surface area contributed by atoms with Crippen LogP contribution in [0.1, 0.15) is 30.6 Å². The molecule has 2 aromatic carbocycles. The third-order valence-electron chi connectivity index (χ3n) is 4.18. The van der Waals surface area contributed by atoms with Crippen molar-refractivity contribution in [1.29, 1.82) is 0 Å². The predicted octanol–water partition coefficient (Wildman–Crippen LogP) is 3.13. The van der Waals surface area contributed by atoms with Crippen LogP contribution < -0.4 is 29.8 Å². The summed E-state index contributed by atoms with van der Waals surface area (Å²) in [6, 6.07) is 9.88. The van der Waals surface area contributed by atoms with E-state index in [1.165, 1.54) is 12.1 Å². The molecule has 30 heavy (non-hydrogen) atoms. The first-order chi connectivity index (χ1) is 14.5. The van der Waals surface area contributed by atoms with Gasteiger partial charge < -0.3 is 18.9 Å². The lowest BCUT2D eigenvalue weighted by Crippen LogP contribution is -2.47. The smallest absolute Gasteiger partial charge is 0.279 e. The molecular weight excluding hydrogens is 412 g/mol. The first-order valence-corrected chi connectivity index (χ1v) is 9.94. The molecule has 1 heterocycles. The Balaban J connectivity index is 1.55. The zero-order valence-electron chi connectivity index (χ0n) is 16.7. The minimum Gasteiger partial charge on any atom is -0.494 e. The number of carbonyl (C=O) groups is 2. The van der Waals surface area contributed by atoms with Crippen LogP contribution in [0.15, 0.2) is 36.4 Å². The number of hydrazine groups is 1. The fourth-order valence-corrected chi connectivity index (χ4v) is 2.96. The number of halogens is 1. The zero-order chi connectivity index (χ0) is 21.5. The van der Waals surface area contributed by atoms with Crippen LogP contribution in [-0.2, 0) is 4.79 Å². The Morgan fingerprint density at radius 3 is 2.53 bits per heavy atom. The molecule has 3 rings (SSSR count). The number of fused-ring (bicyclic) bond motifs is 1. The molecule has 0 radical (unpaired) electrons. The Labute approximate surface area is 179 Å². The largest absolute Gasteiger partial charge is 0.494 e. The molecule has 0 saturated carbocycles. The molecule has 160 valence electrons. The molecule has 2 amide bonds. The summed E-state index contributed by atoms with van der Waals surface area (Å²) in [5.41, 5.74) is 4.92. The van der Waals surface area contributed by atoms with Gasteiger partial charge in [0.2, 0.25) is 0 Å². The van der Waals surface area contributed by atoms with E-state index in [-0.39, 0.29) is 10.6 Å². The zero-order valence-corrected chi connectivity index (χ0v) is 17.5. The van der Waals surface area contributed by atoms with Crippen molar-refractivity contribution in [3.8, 4) is 23.0 Å². The number of rotatable bonds is 6. The van der Waals surface area contributed by atoms with Crippen LogP contribution in [0.2, 0.25) is 5.02 Å². The highest BCUT2D eigenvalue weighted by Crippen LogP contribution is 2.37. The van der Waals surface area contributed by atoms with Gasteiger partial charge in [-0.2, -0.15) is 0 Å². The van der Waals surface area contributed by atoms with Gasteiger partial charge in [0.05, 0.1) is 24.8 Å².